The molecule has 19 heavy (non-hydrogen) atoms. The maximum atomic E-state index is 12.5. The quantitative estimate of drug-likeness (QED) is 0.738. The van der Waals surface area contributed by atoms with Gasteiger partial charge in [-0.2, -0.15) is 0 Å². The maximum absolute atomic E-state index is 12.5. The number of H-pyrrole nitrogens is 1. The zero-order chi connectivity index (χ0) is 13.4. The van der Waals surface area contributed by atoms with Gasteiger partial charge in [0, 0.05) is 0 Å². The first-order chi connectivity index (χ1) is 9.22. The molecule has 4 nitrogen and oxygen atoms in total. The van der Waals surface area contributed by atoms with E-state index in [0.717, 1.165) is 4.83 Å². The Hall–Kier alpha value is -1.92. The van der Waals surface area contributed by atoms with Crippen molar-refractivity contribution in [1.82, 2.24) is 9.55 Å². The van der Waals surface area contributed by atoms with Crippen molar-refractivity contribution in [3.05, 3.63) is 50.8 Å². The standard InChI is InChI=1S/C13H10N2O2S2/c1-17-10-5-3-2-4-9(10)15-12(16)8-6-7-19-11(8)14-13(15)18/h2-7H,1H3,(H,14,18). The Balaban J connectivity index is 2.43. The summed E-state index contributed by atoms with van der Waals surface area (Å²) < 4.78 is 7.11. The number of aromatic nitrogens is 2. The second-order valence-corrected chi connectivity index (χ2v) is 5.21. The summed E-state index contributed by atoms with van der Waals surface area (Å²) in [5, 5.41) is 2.49. The molecule has 96 valence electrons. The van der Waals surface area contributed by atoms with E-state index >= 15 is 0 Å². The highest BCUT2D eigenvalue weighted by Gasteiger charge is 2.11. The van der Waals surface area contributed by atoms with E-state index < -0.39 is 0 Å². The summed E-state index contributed by atoms with van der Waals surface area (Å²) in [6.45, 7) is 0. The Bertz CT molecular complexity index is 861. The molecule has 0 fully saturated rings. The van der Waals surface area contributed by atoms with Crippen molar-refractivity contribution >= 4 is 33.8 Å². The van der Waals surface area contributed by atoms with Gasteiger partial charge in [-0.3, -0.25) is 4.79 Å². The van der Waals surface area contributed by atoms with Crippen molar-refractivity contribution < 1.29 is 4.74 Å². The van der Waals surface area contributed by atoms with Crippen LogP contribution in [0.3, 0.4) is 0 Å². The van der Waals surface area contributed by atoms with Gasteiger partial charge >= 0.3 is 0 Å². The summed E-state index contributed by atoms with van der Waals surface area (Å²) in [4.78, 5) is 16.4. The second-order valence-electron chi connectivity index (χ2n) is 3.91. The number of thiophene rings is 1. The summed E-state index contributed by atoms with van der Waals surface area (Å²) in [7, 11) is 1.57. The lowest BCUT2D eigenvalue weighted by Gasteiger charge is -2.10. The van der Waals surface area contributed by atoms with Gasteiger partial charge < -0.3 is 9.72 Å². The highest BCUT2D eigenvalue weighted by atomic mass is 32.1. The van der Waals surface area contributed by atoms with Gasteiger partial charge in [-0.1, -0.05) is 12.1 Å². The monoisotopic (exact) mass is 290 g/mol. The Labute approximate surface area is 117 Å². The van der Waals surface area contributed by atoms with Gasteiger partial charge in [-0.15, -0.1) is 11.3 Å². The van der Waals surface area contributed by atoms with Gasteiger partial charge in [-0.25, -0.2) is 4.57 Å². The zero-order valence-corrected chi connectivity index (χ0v) is 11.7. The van der Waals surface area contributed by atoms with Gasteiger partial charge in [-0.05, 0) is 35.8 Å². The predicted octanol–water partition coefficient (Wildman–Crippen LogP) is 3.12. The fourth-order valence-electron chi connectivity index (χ4n) is 1.97. The van der Waals surface area contributed by atoms with E-state index in [1.54, 1.807) is 19.2 Å². The number of ether oxygens (including phenoxy) is 1. The number of rotatable bonds is 2. The molecule has 0 atom stereocenters. The Kier molecular flexibility index (Phi) is 2.96. The van der Waals surface area contributed by atoms with Crippen molar-refractivity contribution in [1.29, 1.82) is 0 Å². The highest BCUT2D eigenvalue weighted by molar-refractivity contribution is 7.71. The van der Waals surface area contributed by atoms with Crippen molar-refractivity contribution in [2.45, 2.75) is 0 Å². The summed E-state index contributed by atoms with van der Waals surface area (Å²) in [5.74, 6) is 0.610. The van der Waals surface area contributed by atoms with E-state index in [1.807, 2.05) is 23.6 Å². The first-order valence-corrected chi connectivity index (χ1v) is 6.87. The third kappa shape index (κ3) is 1.89. The molecule has 0 bridgehead atoms. The molecular weight excluding hydrogens is 280 g/mol. The van der Waals surface area contributed by atoms with Crippen LogP contribution in [0.15, 0.2) is 40.5 Å². The van der Waals surface area contributed by atoms with Gasteiger partial charge in [0.1, 0.15) is 10.6 Å². The van der Waals surface area contributed by atoms with Crippen molar-refractivity contribution in [2.24, 2.45) is 0 Å². The van der Waals surface area contributed by atoms with Crippen LogP contribution in [-0.4, -0.2) is 16.7 Å². The lowest BCUT2D eigenvalue weighted by atomic mass is 10.3. The molecular formula is C13H10N2O2S2. The molecule has 0 saturated carbocycles. The molecule has 0 spiro atoms. The van der Waals surface area contributed by atoms with Crippen molar-refractivity contribution in [3.63, 3.8) is 0 Å². The largest absolute Gasteiger partial charge is 0.495 e. The number of methoxy groups -OCH3 is 1. The smallest absolute Gasteiger partial charge is 0.267 e. The van der Waals surface area contributed by atoms with Crippen LogP contribution in [0.2, 0.25) is 0 Å². The second kappa shape index (κ2) is 4.64. The Morgan fingerprint density at radius 1 is 1.32 bits per heavy atom. The minimum atomic E-state index is -0.135. The van der Waals surface area contributed by atoms with E-state index in [2.05, 4.69) is 4.98 Å². The molecule has 0 aliphatic carbocycles. The number of nitrogens with one attached hydrogen (secondary N) is 1. The van der Waals surface area contributed by atoms with E-state index in [-0.39, 0.29) is 5.56 Å². The van der Waals surface area contributed by atoms with Crippen LogP contribution in [0.25, 0.3) is 15.9 Å². The van der Waals surface area contributed by atoms with Crippen LogP contribution in [0.4, 0.5) is 0 Å². The fourth-order valence-corrected chi connectivity index (χ4v) is 3.10. The molecule has 0 radical (unpaired) electrons. The van der Waals surface area contributed by atoms with Crippen LogP contribution in [0.1, 0.15) is 0 Å². The average Bonchev–Trinajstić information content (AvgIpc) is 2.87. The Morgan fingerprint density at radius 3 is 2.89 bits per heavy atom. The molecule has 0 aliphatic rings. The van der Waals surface area contributed by atoms with Gasteiger partial charge in [0.2, 0.25) is 0 Å². The van der Waals surface area contributed by atoms with E-state index in [9.17, 15) is 4.79 Å². The molecule has 6 heteroatoms. The number of hydrogen-bond donors (Lipinski definition) is 1. The number of fused-ring (bicyclic) bond motifs is 1. The number of hydrogen-bond acceptors (Lipinski definition) is 4. The average molecular weight is 290 g/mol. The van der Waals surface area contributed by atoms with E-state index in [0.29, 0.717) is 21.6 Å². The summed E-state index contributed by atoms with van der Waals surface area (Å²) in [6.07, 6.45) is 0. The van der Waals surface area contributed by atoms with Crippen LogP contribution < -0.4 is 10.3 Å². The minimum absolute atomic E-state index is 0.135. The number of para-hydroxylation sites is 2. The van der Waals surface area contributed by atoms with Crippen molar-refractivity contribution in [3.8, 4) is 11.4 Å². The maximum Gasteiger partial charge on any atom is 0.267 e. The van der Waals surface area contributed by atoms with Crippen LogP contribution in [0, 0.1) is 4.77 Å². The molecule has 0 aliphatic heterocycles. The van der Waals surface area contributed by atoms with E-state index in [1.165, 1.54) is 15.9 Å². The van der Waals surface area contributed by atoms with Crippen molar-refractivity contribution in [2.75, 3.05) is 7.11 Å². The van der Waals surface area contributed by atoms with Gasteiger partial charge in [0.25, 0.3) is 5.56 Å². The summed E-state index contributed by atoms with van der Waals surface area (Å²) in [6, 6.07) is 9.09. The number of aromatic amines is 1. The molecule has 1 aromatic carbocycles. The molecule has 0 saturated heterocycles. The first-order valence-electron chi connectivity index (χ1n) is 5.58. The lowest BCUT2D eigenvalue weighted by Crippen LogP contribution is -2.20. The molecule has 3 aromatic rings. The predicted molar refractivity (Wildman–Crippen MR) is 79.2 cm³/mol. The van der Waals surface area contributed by atoms with Crippen LogP contribution >= 0.6 is 23.6 Å². The molecule has 1 N–H and O–H groups in total. The van der Waals surface area contributed by atoms with Crippen LogP contribution in [0.5, 0.6) is 5.75 Å². The SMILES string of the molecule is COc1ccccc1-n1c(=S)[nH]c2sccc2c1=O. The Morgan fingerprint density at radius 2 is 2.11 bits per heavy atom. The lowest BCUT2D eigenvalue weighted by molar-refractivity contribution is 0.412. The van der Waals surface area contributed by atoms with Gasteiger partial charge in [0.05, 0.1) is 18.2 Å². The molecule has 2 heterocycles. The topological polar surface area (TPSA) is 47.0 Å². The fraction of sp³-hybridized carbons (Fsp3) is 0.0769. The normalized spacial score (nSPS) is 10.8. The summed E-state index contributed by atoms with van der Waals surface area (Å²) in [5.41, 5.74) is 0.508. The number of benzene rings is 1. The first kappa shape index (κ1) is 12.1. The molecule has 3 rings (SSSR count). The van der Waals surface area contributed by atoms with Gasteiger partial charge in [0.15, 0.2) is 4.77 Å². The zero-order valence-electron chi connectivity index (χ0n) is 10.0. The molecule has 0 amide bonds. The highest BCUT2D eigenvalue weighted by Crippen LogP contribution is 2.22. The van der Waals surface area contributed by atoms with E-state index in [4.69, 9.17) is 17.0 Å². The number of nitrogens with zero attached hydrogens (tertiary/aromatic N) is 1. The minimum Gasteiger partial charge on any atom is -0.495 e. The summed E-state index contributed by atoms with van der Waals surface area (Å²) >= 11 is 6.74. The third-order valence-corrected chi connectivity index (χ3v) is 3.96. The third-order valence-electron chi connectivity index (χ3n) is 2.85. The molecule has 0 unspecified atom stereocenters. The van der Waals surface area contributed by atoms with Crippen LogP contribution in [-0.2, 0) is 0 Å². The molecule has 2 aromatic heterocycles.